The van der Waals surface area contributed by atoms with Crippen LogP contribution in [0.1, 0.15) is 44.4 Å². The van der Waals surface area contributed by atoms with E-state index in [9.17, 15) is 18.0 Å². The van der Waals surface area contributed by atoms with Gasteiger partial charge in [0.25, 0.3) is 10.0 Å². The number of methoxy groups -OCH3 is 2. The summed E-state index contributed by atoms with van der Waals surface area (Å²) in [6, 6.07) is 15.6. The number of carbonyl (C=O) groups is 2. The number of anilines is 1. The molecule has 2 amide bonds. The van der Waals surface area contributed by atoms with E-state index in [2.05, 4.69) is 5.32 Å². The second-order valence-corrected chi connectivity index (χ2v) is 13.7. The van der Waals surface area contributed by atoms with Crippen LogP contribution in [0.5, 0.6) is 11.5 Å². The van der Waals surface area contributed by atoms with Crippen LogP contribution >= 0.6 is 11.6 Å². The summed E-state index contributed by atoms with van der Waals surface area (Å²) >= 11 is 6.22. The number of rotatable bonds is 11. The van der Waals surface area contributed by atoms with Crippen LogP contribution in [0, 0.1) is 13.8 Å². The normalized spacial score (nSPS) is 12.3. The molecular weight excluding hydrogens is 590 g/mol. The fraction of sp³-hybridized carbons (Fsp3) is 0.375. The van der Waals surface area contributed by atoms with E-state index in [-0.39, 0.29) is 23.1 Å². The van der Waals surface area contributed by atoms with E-state index in [1.165, 1.54) is 37.3 Å². The van der Waals surface area contributed by atoms with Gasteiger partial charge in [-0.25, -0.2) is 8.42 Å². The molecule has 1 atom stereocenters. The fourth-order valence-electron chi connectivity index (χ4n) is 4.62. The van der Waals surface area contributed by atoms with Crippen molar-refractivity contribution < 1.29 is 27.5 Å². The van der Waals surface area contributed by atoms with Gasteiger partial charge in [0.1, 0.15) is 12.6 Å². The number of nitrogens with zero attached hydrogens (tertiary/aromatic N) is 2. The quantitative estimate of drug-likeness (QED) is 0.300. The second-order valence-electron chi connectivity index (χ2n) is 11.4. The van der Waals surface area contributed by atoms with Gasteiger partial charge in [-0.1, -0.05) is 29.8 Å². The molecule has 43 heavy (non-hydrogen) atoms. The first kappa shape index (κ1) is 33.7. The number of hydrogen-bond acceptors (Lipinski definition) is 6. The van der Waals surface area contributed by atoms with Gasteiger partial charge in [0, 0.05) is 23.2 Å². The molecule has 0 aliphatic rings. The van der Waals surface area contributed by atoms with E-state index < -0.39 is 34.1 Å². The highest BCUT2D eigenvalue weighted by atomic mass is 35.5. The Bertz CT molecular complexity index is 1570. The molecule has 1 unspecified atom stereocenters. The molecule has 0 aromatic heterocycles. The summed E-state index contributed by atoms with van der Waals surface area (Å²) in [6.07, 6.45) is 0. The number of nitrogens with one attached hydrogen (secondary N) is 1. The van der Waals surface area contributed by atoms with E-state index in [0.29, 0.717) is 22.0 Å². The summed E-state index contributed by atoms with van der Waals surface area (Å²) in [4.78, 5) is 28.7. The summed E-state index contributed by atoms with van der Waals surface area (Å²) in [5.74, 6) is -0.351. The van der Waals surface area contributed by atoms with E-state index in [1.54, 1.807) is 43.3 Å². The lowest BCUT2D eigenvalue weighted by molar-refractivity contribution is -0.140. The van der Waals surface area contributed by atoms with Crippen molar-refractivity contribution in [2.75, 3.05) is 25.1 Å². The molecule has 3 aromatic rings. The Balaban J connectivity index is 2.12. The number of aryl methyl sites for hydroxylation is 2. The topological polar surface area (TPSA) is 105 Å². The van der Waals surface area contributed by atoms with Crippen molar-refractivity contribution in [3.05, 3.63) is 82.4 Å². The van der Waals surface area contributed by atoms with Gasteiger partial charge >= 0.3 is 0 Å². The summed E-state index contributed by atoms with van der Waals surface area (Å²) in [5, 5.41) is 3.39. The zero-order chi connectivity index (χ0) is 32.1. The van der Waals surface area contributed by atoms with E-state index in [1.807, 2.05) is 40.7 Å². The van der Waals surface area contributed by atoms with Crippen molar-refractivity contribution in [2.45, 2.75) is 64.6 Å². The van der Waals surface area contributed by atoms with Gasteiger partial charge in [-0.2, -0.15) is 0 Å². The minimum atomic E-state index is -4.30. The maximum atomic E-state index is 14.2. The second kappa shape index (κ2) is 13.7. The maximum Gasteiger partial charge on any atom is 0.264 e. The molecule has 3 aromatic carbocycles. The maximum absolute atomic E-state index is 14.2. The molecule has 0 heterocycles. The van der Waals surface area contributed by atoms with Crippen LogP contribution in [0.25, 0.3) is 0 Å². The van der Waals surface area contributed by atoms with E-state index in [0.717, 1.165) is 15.4 Å². The number of benzene rings is 3. The molecule has 0 spiro atoms. The molecule has 0 bridgehead atoms. The van der Waals surface area contributed by atoms with Crippen LogP contribution in [-0.4, -0.2) is 57.5 Å². The summed E-state index contributed by atoms with van der Waals surface area (Å²) in [6.45, 7) is 10.3. The van der Waals surface area contributed by atoms with Crippen molar-refractivity contribution in [1.29, 1.82) is 0 Å². The average molecular weight is 630 g/mol. The first-order chi connectivity index (χ1) is 20.0. The zero-order valence-electron chi connectivity index (χ0n) is 25.9. The van der Waals surface area contributed by atoms with Gasteiger partial charge < -0.3 is 19.7 Å². The largest absolute Gasteiger partial charge is 0.493 e. The van der Waals surface area contributed by atoms with Gasteiger partial charge in [-0.15, -0.1) is 0 Å². The Kier molecular flexibility index (Phi) is 10.7. The standard InChI is InChI=1S/C32H40ClN3O6S/c1-21-14-22(2)16-26(15-21)36(43(39,40)27-12-13-28(41-7)29(18-27)42-8)20-30(37)35(19-24-10-9-11-25(33)17-24)23(3)31(38)34-32(4,5)6/h9-18,23H,19-20H2,1-8H3,(H,34,38). The molecule has 3 rings (SSSR count). The molecule has 0 radical (unpaired) electrons. The van der Waals surface area contributed by atoms with Crippen molar-refractivity contribution in [3.8, 4) is 11.5 Å². The van der Waals surface area contributed by atoms with Crippen molar-refractivity contribution in [1.82, 2.24) is 10.2 Å². The number of amides is 2. The Hall–Kier alpha value is -3.76. The molecule has 0 saturated carbocycles. The number of hydrogen-bond donors (Lipinski definition) is 1. The van der Waals surface area contributed by atoms with Crippen LogP contribution in [-0.2, 0) is 26.2 Å². The van der Waals surface area contributed by atoms with Crippen LogP contribution in [0.4, 0.5) is 5.69 Å². The third-order valence-corrected chi connectivity index (χ3v) is 8.63. The zero-order valence-corrected chi connectivity index (χ0v) is 27.5. The fourth-order valence-corrected chi connectivity index (χ4v) is 6.24. The highest BCUT2D eigenvalue weighted by molar-refractivity contribution is 7.92. The number of ether oxygens (including phenoxy) is 2. The Labute approximate surface area is 259 Å². The van der Waals surface area contributed by atoms with Gasteiger partial charge in [0.05, 0.1) is 24.8 Å². The smallest absolute Gasteiger partial charge is 0.264 e. The van der Waals surface area contributed by atoms with E-state index >= 15 is 0 Å². The van der Waals surface area contributed by atoms with E-state index in [4.69, 9.17) is 21.1 Å². The summed E-state index contributed by atoms with van der Waals surface area (Å²) < 4.78 is 40.2. The third kappa shape index (κ3) is 8.64. The SMILES string of the molecule is COc1ccc(S(=O)(=O)N(CC(=O)N(Cc2cccc(Cl)c2)C(C)C(=O)NC(C)(C)C)c2cc(C)cc(C)c2)cc1OC. The van der Waals surface area contributed by atoms with Crippen molar-refractivity contribution in [2.24, 2.45) is 0 Å². The minimum absolute atomic E-state index is 0.0369. The molecule has 232 valence electrons. The average Bonchev–Trinajstić information content (AvgIpc) is 2.92. The first-order valence-corrected chi connectivity index (χ1v) is 15.6. The molecule has 0 saturated heterocycles. The number of carbonyl (C=O) groups excluding carboxylic acids is 2. The predicted octanol–water partition coefficient (Wildman–Crippen LogP) is 5.50. The monoisotopic (exact) mass is 629 g/mol. The lowest BCUT2D eigenvalue weighted by Crippen LogP contribution is -2.54. The lowest BCUT2D eigenvalue weighted by Gasteiger charge is -2.33. The third-order valence-electron chi connectivity index (χ3n) is 6.62. The van der Waals surface area contributed by atoms with Gasteiger partial charge in [0.2, 0.25) is 11.8 Å². The van der Waals surface area contributed by atoms with Crippen LogP contribution in [0.2, 0.25) is 5.02 Å². The first-order valence-electron chi connectivity index (χ1n) is 13.7. The van der Waals surface area contributed by atoms with Crippen LogP contribution < -0.4 is 19.1 Å². The molecule has 0 aliphatic heterocycles. The molecule has 9 nitrogen and oxygen atoms in total. The Morgan fingerprint density at radius 1 is 0.930 bits per heavy atom. The summed E-state index contributed by atoms with van der Waals surface area (Å²) in [7, 11) is -1.43. The molecule has 11 heteroatoms. The summed E-state index contributed by atoms with van der Waals surface area (Å²) in [5.41, 5.74) is 2.11. The molecule has 0 fully saturated rings. The Morgan fingerprint density at radius 3 is 2.12 bits per heavy atom. The van der Waals surface area contributed by atoms with Crippen molar-refractivity contribution in [3.63, 3.8) is 0 Å². The van der Waals surface area contributed by atoms with Crippen LogP contribution in [0.15, 0.2) is 65.6 Å². The Morgan fingerprint density at radius 2 is 1.56 bits per heavy atom. The minimum Gasteiger partial charge on any atom is -0.493 e. The molecular formula is C32H40ClN3O6S. The van der Waals surface area contributed by atoms with Gasteiger partial charge in [0.15, 0.2) is 11.5 Å². The number of sulfonamides is 1. The molecule has 1 N–H and O–H groups in total. The van der Waals surface area contributed by atoms with Crippen LogP contribution in [0.3, 0.4) is 0 Å². The molecule has 0 aliphatic carbocycles. The lowest BCUT2D eigenvalue weighted by atomic mass is 10.1. The highest BCUT2D eigenvalue weighted by Gasteiger charge is 2.34. The number of halogens is 1. The van der Waals surface area contributed by atoms with Gasteiger partial charge in [-0.05, 0) is 94.6 Å². The van der Waals surface area contributed by atoms with Crippen molar-refractivity contribution >= 4 is 39.1 Å². The highest BCUT2D eigenvalue weighted by Crippen LogP contribution is 2.33. The van der Waals surface area contributed by atoms with Gasteiger partial charge in [-0.3, -0.25) is 13.9 Å². The predicted molar refractivity (Wildman–Crippen MR) is 169 cm³/mol.